The summed E-state index contributed by atoms with van der Waals surface area (Å²) in [6.07, 6.45) is 0. The van der Waals surface area contributed by atoms with Gasteiger partial charge >= 0.3 is 0 Å². The average Bonchev–Trinajstić information content (AvgIpc) is 2.88. The van der Waals surface area contributed by atoms with Crippen molar-refractivity contribution in [1.82, 2.24) is 0 Å². The van der Waals surface area contributed by atoms with Gasteiger partial charge in [-0.15, -0.1) is 11.3 Å². The monoisotopic (exact) mass is 318 g/mol. The lowest BCUT2D eigenvalue weighted by Crippen LogP contribution is -2.13. The standard InChI is InChI=1S/C15H14N2O2S2/c1-10-8-13(3-4-14(10)16)21(18,19)17-12-2-5-15-11(9-12)6-7-20-15/h2-9,17H,16H2,1H3. The predicted molar refractivity (Wildman–Crippen MR) is 88.2 cm³/mol. The molecule has 0 aliphatic heterocycles. The Morgan fingerprint density at radius 2 is 1.90 bits per heavy atom. The van der Waals surface area contributed by atoms with Crippen molar-refractivity contribution < 1.29 is 8.42 Å². The first-order valence-corrected chi connectivity index (χ1v) is 8.68. The quantitative estimate of drug-likeness (QED) is 0.725. The van der Waals surface area contributed by atoms with Crippen LogP contribution in [-0.4, -0.2) is 8.42 Å². The number of sulfonamides is 1. The third-order valence-electron chi connectivity index (χ3n) is 3.26. The number of thiophene rings is 1. The minimum absolute atomic E-state index is 0.208. The van der Waals surface area contributed by atoms with Crippen molar-refractivity contribution in [2.75, 3.05) is 10.5 Å². The summed E-state index contributed by atoms with van der Waals surface area (Å²) in [7, 11) is -3.61. The van der Waals surface area contributed by atoms with Crippen LogP contribution in [0.3, 0.4) is 0 Å². The topological polar surface area (TPSA) is 72.2 Å². The Labute approximate surface area is 127 Å². The molecule has 3 aromatic rings. The number of hydrogen-bond acceptors (Lipinski definition) is 4. The zero-order valence-electron chi connectivity index (χ0n) is 11.3. The summed E-state index contributed by atoms with van der Waals surface area (Å²) in [6, 6.07) is 12.1. The van der Waals surface area contributed by atoms with E-state index in [0.717, 1.165) is 15.6 Å². The van der Waals surface area contributed by atoms with Gasteiger partial charge in [-0.2, -0.15) is 0 Å². The smallest absolute Gasteiger partial charge is 0.261 e. The maximum Gasteiger partial charge on any atom is 0.261 e. The fourth-order valence-corrected chi connectivity index (χ4v) is 3.96. The van der Waals surface area contributed by atoms with E-state index >= 15 is 0 Å². The highest BCUT2D eigenvalue weighted by atomic mass is 32.2. The molecule has 3 rings (SSSR count). The first-order valence-electron chi connectivity index (χ1n) is 6.32. The van der Waals surface area contributed by atoms with Gasteiger partial charge in [0.15, 0.2) is 0 Å². The summed E-state index contributed by atoms with van der Waals surface area (Å²) < 4.78 is 28.5. The second-order valence-corrected chi connectivity index (χ2v) is 7.43. The fraction of sp³-hybridized carbons (Fsp3) is 0.0667. The van der Waals surface area contributed by atoms with E-state index in [1.165, 1.54) is 6.07 Å². The molecule has 1 aromatic heterocycles. The van der Waals surface area contributed by atoms with Crippen molar-refractivity contribution in [2.24, 2.45) is 0 Å². The molecule has 0 unspecified atom stereocenters. The highest BCUT2D eigenvalue weighted by Gasteiger charge is 2.15. The third kappa shape index (κ3) is 2.72. The molecule has 0 aliphatic rings. The first-order chi connectivity index (χ1) is 9.95. The van der Waals surface area contributed by atoms with Gasteiger partial charge in [0.2, 0.25) is 0 Å². The lowest BCUT2D eigenvalue weighted by atomic mass is 10.2. The lowest BCUT2D eigenvalue weighted by Gasteiger charge is -2.09. The van der Waals surface area contributed by atoms with Crippen LogP contribution >= 0.6 is 11.3 Å². The second kappa shape index (κ2) is 5.05. The predicted octanol–water partition coefficient (Wildman–Crippen LogP) is 3.59. The number of hydrogen-bond donors (Lipinski definition) is 2. The molecule has 0 saturated carbocycles. The largest absolute Gasteiger partial charge is 0.399 e. The fourth-order valence-electron chi connectivity index (χ4n) is 2.06. The molecule has 4 nitrogen and oxygen atoms in total. The van der Waals surface area contributed by atoms with Crippen molar-refractivity contribution in [1.29, 1.82) is 0 Å². The van der Waals surface area contributed by atoms with Crippen molar-refractivity contribution >= 4 is 42.8 Å². The van der Waals surface area contributed by atoms with Crippen molar-refractivity contribution in [2.45, 2.75) is 11.8 Å². The van der Waals surface area contributed by atoms with Gasteiger partial charge in [-0.25, -0.2) is 8.42 Å². The van der Waals surface area contributed by atoms with Crippen LogP contribution in [0.15, 0.2) is 52.7 Å². The molecule has 0 bridgehead atoms. The van der Waals surface area contributed by atoms with Gasteiger partial charge in [0.05, 0.1) is 4.90 Å². The van der Waals surface area contributed by atoms with Crippen LogP contribution in [0.5, 0.6) is 0 Å². The van der Waals surface area contributed by atoms with Crippen LogP contribution in [0.1, 0.15) is 5.56 Å². The lowest BCUT2D eigenvalue weighted by molar-refractivity contribution is 0.601. The summed E-state index contributed by atoms with van der Waals surface area (Å²) in [6.45, 7) is 1.78. The second-order valence-electron chi connectivity index (χ2n) is 4.80. The van der Waals surface area contributed by atoms with Crippen molar-refractivity contribution in [3.63, 3.8) is 0 Å². The van der Waals surface area contributed by atoms with E-state index in [2.05, 4.69) is 4.72 Å². The van der Waals surface area contributed by atoms with Crippen LogP contribution < -0.4 is 10.5 Å². The van der Waals surface area contributed by atoms with E-state index in [4.69, 9.17) is 5.73 Å². The number of benzene rings is 2. The summed E-state index contributed by atoms with van der Waals surface area (Å²) >= 11 is 1.62. The average molecular weight is 318 g/mol. The summed E-state index contributed by atoms with van der Waals surface area (Å²) in [5.74, 6) is 0. The van der Waals surface area contributed by atoms with Gasteiger partial charge in [-0.3, -0.25) is 4.72 Å². The molecule has 0 atom stereocenters. The van der Waals surface area contributed by atoms with Crippen molar-refractivity contribution in [3.8, 4) is 0 Å². The molecular weight excluding hydrogens is 304 g/mol. The molecule has 2 aromatic carbocycles. The van der Waals surface area contributed by atoms with Crippen LogP contribution in [0.2, 0.25) is 0 Å². The molecule has 0 amide bonds. The van der Waals surface area contributed by atoms with E-state index < -0.39 is 10.0 Å². The molecule has 3 N–H and O–H groups in total. The van der Waals surface area contributed by atoms with Gasteiger partial charge in [0.25, 0.3) is 10.0 Å². The Morgan fingerprint density at radius 3 is 2.67 bits per heavy atom. The Kier molecular flexibility index (Phi) is 3.35. The van der Waals surface area contributed by atoms with Crippen LogP contribution in [0.25, 0.3) is 10.1 Å². The first kappa shape index (κ1) is 13.9. The van der Waals surface area contributed by atoms with Crippen LogP contribution in [0, 0.1) is 6.92 Å². The Balaban J connectivity index is 1.96. The van der Waals surface area contributed by atoms with Gasteiger partial charge in [-0.05, 0) is 65.7 Å². The maximum absolute atomic E-state index is 12.4. The zero-order valence-corrected chi connectivity index (χ0v) is 13.0. The number of rotatable bonds is 3. The third-order valence-corrected chi connectivity index (χ3v) is 5.53. The van der Waals surface area contributed by atoms with E-state index in [1.54, 1.807) is 36.5 Å². The van der Waals surface area contributed by atoms with Crippen LogP contribution in [0.4, 0.5) is 11.4 Å². The van der Waals surface area contributed by atoms with E-state index in [9.17, 15) is 8.42 Å². The SMILES string of the molecule is Cc1cc(S(=O)(=O)Nc2ccc3sccc3c2)ccc1N. The molecule has 0 saturated heterocycles. The van der Waals surface area contributed by atoms with Gasteiger partial charge in [0.1, 0.15) is 0 Å². The molecule has 108 valence electrons. The molecule has 0 spiro atoms. The van der Waals surface area contributed by atoms with Crippen molar-refractivity contribution in [3.05, 3.63) is 53.4 Å². The van der Waals surface area contributed by atoms with Gasteiger partial charge < -0.3 is 5.73 Å². The Morgan fingerprint density at radius 1 is 1.10 bits per heavy atom. The van der Waals surface area contributed by atoms with Gasteiger partial charge in [-0.1, -0.05) is 0 Å². The Hall–Kier alpha value is -2.05. The maximum atomic E-state index is 12.4. The number of nitrogen functional groups attached to an aromatic ring is 1. The molecule has 1 heterocycles. The molecular formula is C15H14N2O2S2. The summed E-state index contributed by atoms with van der Waals surface area (Å²) in [4.78, 5) is 0.208. The highest BCUT2D eigenvalue weighted by Crippen LogP contribution is 2.26. The number of nitrogens with two attached hydrogens (primary N) is 1. The van der Waals surface area contributed by atoms with Crippen LogP contribution in [-0.2, 0) is 10.0 Å². The van der Waals surface area contributed by atoms with E-state index in [1.807, 2.05) is 23.6 Å². The summed E-state index contributed by atoms with van der Waals surface area (Å²) in [5.41, 5.74) is 7.59. The Bertz CT molecular complexity index is 914. The number of fused-ring (bicyclic) bond motifs is 1. The molecule has 21 heavy (non-hydrogen) atoms. The number of nitrogens with one attached hydrogen (secondary N) is 1. The summed E-state index contributed by atoms with van der Waals surface area (Å²) in [5, 5.41) is 3.00. The molecule has 0 aliphatic carbocycles. The minimum Gasteiger partial charge on any atom is -0.399 e. The highest BCUT2D eigenvalue weighted by molar-refractivity contribution is 7.92. The van der Waals surface area contributed by atoms with E-state index in [-0.39, 0.29) is 4.90 Å². The number of aryl methyl sites for hydroxylation is 1. The molecule has 0 radical (unpaired) electrons. The van der Waals surface area contributed by atoms with Gasteiger partial charge in [0, 0.05) is 16.1 Å². The zero-order chi connectivity index (χ0) is 15.0. The minimum atomic E-state index is -3.61. The number of anilines is 2. The van der Waals surface area contributed by atoms with E-state index in [0.29, 0.717) is 11.4 Å². The molecule has 6 heteroatoms. The molecule has 0 fully saturated rings. The normalized spacial score (nSPS) is 11.7.